The van der Waals surface area contributed by atoms with Crippen LogP contribution in [0.3, 0.4) is 0 Å². The standard InChI is InChI=1S/C15H21F3N2/c1-13(2)12(14(13,3)4)11(20-19)9-7-5-6-8-10(9)15(16,17)18/h5-8,11-12,20H,19H2,1-4H3. The fraction of sp³-hybridized carbons (Fsp3) is 0.600. The maximum atomic E-state index is 13.1. The summed E-state index contributed by atoms with van der Waals surface area (Å²) in [4.78, 5) is 0. The lowest BCUT2D eigenvalue weighted by Gasteiger charge is -2.23. The van der Waals surface area contributed by atoms with E-state index < -0.39 is 17.8 Å². The Bertz CT molecular complexity index is 492. The second-order valence-electron chi connectivity index (χ2n) is 6.65. The molecule has 1 aliphatic rings. The maximum Gasteiger partial charge on any atom is 0.416 e. The SMILES string of the molecule is CC1(C)C(C(NN)c2ccccc2C(F)(F)F)C1(C)C. The van der Waals surface area contributed by atoms with E-state index in [1.807, 2.05) is 0 Å². The lowest BCUT2D eigenvalue weighted by molar-refractivity contribution is -0.138. The molecule has 1 unspecified atom stereocenters. The molecule has 3 N–H and O–H groups in total. The quantitative estimate of drug-likeness (QED) is 0.653. The van der Waals surface area contributed by atoms with E-state index in [1.54, 1.807) is 6.07 Å². The van der Waals surface area contributed by atoms with Crippen molar-refractivity contribution in [3.8, 4) is 0 Å². The van der Waals surface area contributed by atoms with E-state index in [1.165, 1.54) is 12.1 Å². The van der Waals surface area contributed by atoms with Gasteiger partial charge in [-0.15, -0.1) is 0 Å². The van der Waals surface area contributed by atoms with Crippen LogP contribution in [0.2, 0.25) is 0 Å². The molecule has 1 atom stereocenters. The summed E-state index contributed by atoms with van der Waals surface area (Å²) in [6.07, 6.45) is -4.37. The normalized spacial score (nSPS) is 22.6. The first-order valence-electron chi connectivity index (χ1n) is 6.67. The van der Waals surface area contributed by atoms with Crippen molar-refractivity contribution in [2.24, 2.45) is 22.6 Å². The molecule has 0 bridgehead atoms. The molecule has 2 nitrogen and oxygen atoms in total. The van der Waals surface area contributed by atoms with E-state index in [0.29, 0.717) is 0 Å². The van der Waals surface area contributed by atoms with E-state index in [0.717, 1.165) is 6.07 Å². The van der Waals surface area contributed by atoms with Gasteiger partial charge in [0.25, 0.3) is 0 Å². The van der Waals surface area contributed by atoms with Gasteiger partial charge in [0.1, 0.15) is 0 Å². The Balaban J connectivity index is 2.46. The van der Waals surface area contributed by atoms with Crippen LogP contribution in [0.4, 0.5) is 13.2 Å². The third-order valence-corrected chi connectivity index (χ3v) is 5.25. The number of nitrogens with two attached hydrogens (primary N) is 1. The highest BCUT2D eigenvalue weighted by molar-refractivity contribution is 5.36. The van der Waals surface area contributed by atoms with Crippen LogP contribution in [-0.2, 0) is 6.18 Å². The molecule has 0 amide bonds. The largest absolute Gasteiger partial charge is 0.416 e. The summed E-state index contributed by atoms with van der Waals surface area (Å²) in [5.74, 6) is 5.64. The second kappa shape index (κ2) is 4.46. The molecule has 20 heavy (non-hydrogen) atoms. The van der Waals surface area contributed by atoms with Gasteiger partial charge in [-0.1, -0.05) is 45.9 Å². The van der Waals surface area contributed by atoms with Gasteiger partial charge < -0.3 is 0 Å². The zero-order valence-electron chi connectivity index (χ0n) is 12.2. The summed E-state index contributed by atoms with van der Waals surface area (Å²) < 4.78 is 39.4. The van der Waals surface area contributed by atoms with Gasteiger partial charge in [0.2, 0.25) is 0 Å². The van der Waals surface area contributed by atoms with Gasteiger partial charge in [0.15, 0.2) is 0 Å². The van der Waals surface area contributed by atoms with Crippen LogP contribution >= 0.6 is 0 Å². The first kappa shape index (κ1) is 15.3. The fourth-order valence-corrected chi connectivity index (χ4v) is 3.47. The van der Waals surface area contributed by atoms with Gasteiger partial charge in [-0.3, -0.25) is 11.3 Å². The van der Waals surface area contributed by atoms with Crippen molar-refractivity contribution in [2.45, 2.75) is 39.9 Å². The number of halogens is 3. The smallest absolute Gasteiger partial charge is 0.271 e. The molecule has 0 saturated heterocycles. The van der Waals surface area contributed by atoms with E-state index in [-0.39, 0.29) is 22.3 Å². The zero-order chi connectivity index (χ0) is 15.3. The number of hydrogen-bond donors (Lipinski definition) is 2. The Labute approximate surface area is 117 Å². The number of alkyl halides is 3. The third-order valence-electron chi connectivity index (χ3n) is 5.25. The molecule has 1 saturated carbocycles. The van der Waals surface area contributed by atoms with Gasteiger partial charge in [0, 0.05) is 0 Å². The summed E-state index contributed by atoms with van der Waals surface area (Å²) >= 11 is 0. The summed E-state index contributed by atoms with van der Waals surface area (Å²) in [5.41, 5.74) is 2.12. The fourth-order valence-electron chi connectivity index (χ4n) is 3.47. The van der Waals surface area contributed by atoms with Gasteiger partial charge >= 0.3 is 6.18 Å². The Hall–Kier alpha value is -1.07. The predicted octanol–water partition coefficient (Wildman–Crippen LogP) is 3.89. The van der Waals surface area contributed by atoms with Gasteiger partial charge in [0.05, 0.1) is 11.6 Å². The number of rotatable bonds is 3. The van der Waals surface area contributed by atoms with Crippen molar-refractivity contribution in [2.75, 3.05) is 0 Å². The summed E-state index contributed by atoms with van der Waals surface area (Å²) in [5, 5.41) is 0. The Morgan fingerprint density at radius 2 is 1.60 bits per heavy atom. The zero-order valence-corrected chi connectivity index (χ0v) is 12.2. The third kappa shape index (κ3) is 2.13. The minimum absolute atomic E-state index is 0.0528. The van der Waals surface area contributed by atoms with Gasteiger partial charge in [-0.2, -0.15) is 13.2 Å². The van der Waals surface area contributed by atoms with Gasteiger partial charge in [-0.25, -0.2) is 0 Å². The maximum absolute atomic E-state index is 13.1. The van der Waals surface area contributed by atoms with E-state index >= 15 is 0 Å². The molecule has 1 fully saturated rings. The van der Waals surface area contributed by atoms with Crippen LogP contribution < -0.4 is 11.3 Å². The Morgan fingerprint density at radius 3 is 2.00 bits per heavy atom. The lowest BCUT2D eigenvalue weighted by Crippen LogP contribution is -2.33. The van der Waals surface area contributed by atoms with Crippen molar-refractivity contribution in [3.05, 3.63) is 35.4 Å². The second-order valence-corrected chi connectivity index (χ2v) is 6.65. The topological polar surface area (TPSA) is 38.0 Å². The molecule has 1 aliphatic carbocycles. The predicted molar refractivity (Wildman–Crippen MR) is 72.6 cm³/mol. The number of hydrogen-bond acceptors (Lipinski definition) is 2. The van der Waals surface area contributed by atoms with Crippen LogP contribution in [0, 0.1) is 16.7 Å². The molecule has 1 aromatic carbocycles. The van der Waals surface area contributed by atoms with Crippen molar-refractivity contribution < 1.29 is 13.2 Å². The van der Waals surface area contributed by atoms with Crippen molar-refractivity contribution >= 4 is 0 Å². The molecule has 0 radical (unpaired) electrons. The highest BCUT2D eigenvalue weighted by Crippen LogP contribution is 2.72. The molecule has 0 aromatic heterocycles. The monoisotopic (exact) mass is 286 g/mol. The lowest BCUT2D eigenvalue weighted by atomic mass is 9.93. The van der Waals surface area contributed by atoms with Gasteiger partial charge in [-0.05, 0) is 28.4 Å². The summed E-state index contributed by atoms with van der Waals surface area (Å²) in [7, 11) is 0. The van der Waals surface area contributed by atoms with Crippen molar-refractivity contribution in [1.29, 1.82) is 0 Å². The van der Waals surface area contributed by atoms with E-state index in [4.69, 9.17) is 5.84 Å². The summed E-state index contributed by atoms with van der Waals surface area (Å²) in [6.45, 7) is 8.27. The number of benzene rings is 1. The molecule has 0 aliphatic heterocycles. The molecule has 0 spiro atoms. The van der Waals surface area contributed by atoms with Crippen LogP contribution in [-0.4, -0.2) is 0 Å². The highest BCUT2D eigenvalue weighted by Gasteiger charge is 2.67. The highest BCUT2D eigenvalue weighted by atomic mass is 19.4. The van der Waals surface area contributed by atoms with Crippen LogP contribution in [0.15, 0.2) is 24.3 Å². The van der Waals surface area contributed by atoms with Crippen LogP contribution in [0.25, 0.3) is 0 Å². The minimum Gasteiger partial charge on any atom is -0.271 e. The van der Waals surface area contributed by atoms with E-state index in [2.05, 4.69) is 33.1 Å². The molecule has 2 rings (SSSR count). The molecular formula is C15H21F3N2. The molecular weight excluding hydrogens is 265 g/mol. The van der Waals surface area contributed by atoms with E-state index in [9.17, 15) is 13.2 Å². The van der Waals surface area contributed by atoms with Crippen molar-refractivity contribution in [3.63, 3.8) is 0 Å². The van der Waals surface area contributed by atoms with Crippen molar-refractivity contribution in [1.82, 2.24) is 5.43 Å². The van der Waals surface area contributed by atoms with Crippen LogP contribution in [0.5, 0.6) is 0 Å². The number of hydrazine groups is 1. The number of nitrogens with one attached hydrogen (secondary N) is 1. The Kier molecular flexibility index (Phi) is 3.42. The Morgan fingerprint density at radius 1 is 1.10 bits per heavy atom. The van der Waals surface area contributed by atoms with Crippen LogP contribution in [0.1, 0.15) is 44.9 Å². The summed E-state index contributed by atoms with van der Waals surface area (Å²) in [6, 6.07) is 5.15. The first-order valence-corrected chi connectivity index (χ1v) is 6.67. The molecule has 5 heteroatoms. The average Bonchev–Trinajstić information content (AvgIpc) is 2.72. The first-order chi connectivity index (χ1) is 9.05. The molecule has 0 heterocycles. The molecule has 1 aromatic rings. The minimum atomic E-state index is -4.37. The average molecular weight is 286 g/mol. The molecule has 112 valence electrons.